The number of oxazole rings is 1. The molecule has 1 aromatic carbocycles. The van der Waals surface area contributed by atoms with Crippen molar-refractivity contribution in [1.29, 1.82) is 0 Å². The molecule has 2 aromatic rings. The van der Waals surface area contributed by atoms with E-state index in [1.54, 1.807) is 23.2 Å². The summed E-state index contributed by atoms with van der Waals surface area (Å²) in [7, 11) is 0. The number of nitrogens with zero attached hydrogens (tertiary/aromatic N) is 2. The molecule has 5 nitrogen and oxygen atoms in total. The Morgan fingerprint density at radius 2 is 2.10 bits per heavy atom. The number of likely N-dealkylation sites (tertiary alicyclic amines) is 1. The van der Waals surface area contributed by atoms with E-state index >= 15 is 0 Å². The summed E-state index contributed by atoms with van der Waals surface area (Å²) in [4.78, 5) is 17.5. The molecule has 1 N–H and O–H groups in total. The summed E-state index contributed by atoms with van der Waals surface area (Å²) in [6, 6.07) is 5.95. The van der Waals surface area contributed by atoms with Gasteiger partial charge < -0.3 is 14.4 Å². The first-order valence-corrected chi connectivity index (χ1v) is 6.78. The second-order valence-corrected chi connectivity index (χ2v) is 5.08. The van der Waals surface area contributed by atoms with Gasteiger partial charge in [0.1, 0.15) is 5.82 Å². The van der Waals surface area contributed by atoms with E-state index in [1.165, 1.54) is 12.1 Å². The van der Waals surface area contributed by atoms with Crippen LogP contribution in [0.3, 0.4) is 0 Å². The number of rotatable bonds is 4. The number of aliphatic hydroxyl groups excluding tert-OH is 1. The number of benzene rings is 1. The number of hydrogen-bond acceptors (Lipinski definition) is 4. The minimum absolute atomic E-state index is 0.0122. The molecule has 1 aromatic heterocycles. The van der Waals surface area contributed by atoms with Crippen molar-refractivity contribution in [2.24, 2.45) is 0 Å². The van der Waals surface area contributed by atoms with E-state index in [1.807, 2.05) is 0 Å². The second kappa shape index (κ2) is 5.65. The lowest BCUT2D eigenvalue weighted by Crippen LogP contribution is -2.53. The van der Waals surface area contributed by atoms with Crippen molar-refractivity contribution in [2.75, 3.05) is 13.1 Å². The van der Waals surface area contributed by atoms with Crippen molar-refractivity contribution in [3.8, 4) is 11.3 Å². The second-order valence-electron chi connectivity index (χ2n) is 5.08. The topological polar surface area (TPSA) is 66.6 Å². The number of aromatic nitrogens is 1. The van der Waals surface area contributed by atoms with Crippen LogP contribution in [0.25, 0.3) is 11.3 Å². The van der Waals surface area contributed by atoms with Crippen molar-refractivity contribution in [3.63, 3.8) is 0 Å². The van der Waals surface area contributed by atoms with Crippen LogP contribution in [0.15, 0.2) is 34.9 Å². The molecule has 0 saturated carbocycles. The van der Waals surface area contributed by atoms with Gasteiger partial charge in [0.2, 0.25) is 5.91 Å². The van der Waals surface area contributed by atoms with E-state index in [9.17, 15) is 9.18 Å². The maximum Gasteiger partial charge on any atom is 0.223 e. The Kier molecular flexibility index (Phi) is 3.70. The molecule has 21 heavy (non-hydrogen) atoms. The molecule has 1 aliphatic heterocycles. The largest absolute Gasteiger partial charge is 0.441 e. The van der Waals surface area contributed by atoms with Crippen LogP contribution >= 0.6 is 0 Å². The van der Waals surface area contributed by atoms with E-state index < -0.39 is 0 Å². The zero-order valence-corrected chi connectivity index (χ0v) is 11.3. The first-order valence-electron chi connectivity index (χ1n) is 6.78. The lowest BCUT2D eigenvalue weighted by Gasteiger charge is -2.35. The SMILES string of the molecule is O=C(CCc1ncc(-c2ccc(F)cc2)o1)N1CC(O)C1. The Hall–Kier alpha value is -2.21. The molecule has 2 heterocycles. The fourth-order valence-electron chi connectivity index (χ4n) is 2.20. The number of carbonyl (C=O) groups is 1. The number of hydrogen-bond donors (Lipinski definition) is 1. The minimum atomic E-state index is -0.388. The predicted molar refractivity (Wildman–Crippen MR) is 72.8 cm³/mol. The van der Waals surface area contributed by atoms with Crippen molar-refractivity contribution < 1.29 is 18.7 Å². The molecule has 1 amide bonds. The molecule has 0 atom stereocenters. The van der Waals surface area contributed by atoms with Crippen LogP contribution in [0, 0.1) is 5.82 Å². The van der Waals surface area contributed by atoms with Gasteiger partial charge in [0.25, 0.3) is 0 Å². The van der Waals surface area contributed by atoms with Crippen molar-refractivity contribution in [1.82, 2.24) is 9.88 Å². The molecule has 1 saturated heterocycles. The molecular weight excluding hydrogens is 275 g/mol. The first-order chi connectivity index (χ1) is 10.1. The number of aryl methyl sites for hydroxylation is 1. The Morgan fingerprint density at radius 3 is 2.76 bits per heavy atom. The zero-order valence-electron chi connectivity index (χ0n) is 11.3. The fraction of sp³-hybridized carbons (Fsp3) is 0.333. The molecule has 6 heteroatoms. The Morgan fingerprint density at radius 1 is 1.38 bits per heavy atom. The molecule has 1 fully saturated rings. The summed E-state index contributed by atoms with van der Waals surface area (Å²) < 4.78 is 18.4. The average Bonchev–Trinajstić information content (AvgIpc) is 2.91. The third kappa shape index (κ3) is 3.11. The lowest BCUT2D eigenvalue weighted by atomic mass is 10.1. The average molecular weight is 290 g/mol. The highest BCUT2D eigenvalue weighted by atomic mass is 19.1. The monoisotopic (exact) mass is 290 g/mol. The third-order valence-corrected chi connectivity index (χ3v) is 3.45. The molecule has 0 radical (unpaired) electrons. The van der Waals surface area contributed by atoms with E-state index in [0.29, 0.717) is 37.6 Å². The number of aliphatic hydroxyl groups is 1. The van der Waals surface area contributed by atoms with Crippen LogP contribution in [0.4, 0.5) is 4.39 Å². The van der Waals surface area contributed by atoms with Gasteiger partial charge in [0, 0.05) is 31.5 Å². The molecular formula is C15H15FN2O3. The van der Waals surface area contributed by atoms with Gasteiger partial charge >= 0.3 is 0 Å². The van der Waals surface area contributed by atoms with Gasteiger partial charge in [-0.25, -0.2) is 9.37 Å². The van der Waals surface area contributed by atoms with Crippen LogP contribution in [-0.2, 0) is 11.2 Å². The molecule has 3 rings (SSSR count). The summed E-state index contributed by atoms with van der Waals surface area (Å²) in [5, 5.41) is 9.15. The number of β-amino-alcohol motifs (C(OH)–C–C–N with tert-alkyl or cyclic N) is 1. The smallest absolute Gasteiger partial charge is 0.223 e. The van der Waals surface area contributed by atoms with Gasteiger partial charge in [0.05, 0.1) is 12.3 Å². The van der Waals surface area contributed by atoms with Gasteiger partial charge in [0.15, 0.2) is 11.7 Å². The van der Waals surface area contributed by atoms with Gasteiger partial charge in [-0.1, -0.05) is 0 Å². The Balaban J connectivity index is 1.58. The number of carbonyl (C=O) groups excluding carboxylic acids is 1. The summed E-state index contributed by atoms with van der Waals surface area (Å²) in [5.74, 6) is 0.711. The zero-order chi connectivity index (χ0) is 14.8. The van der Waals surface area contributed by atoms with Gasteiger partial charge in [-0.05, 0) is 24.3 Å². The van der Waals surface area contributed by atoms with Crippen molar-refractivity contribution in [2.45, 2.75) is 18.9 Å². The van der Waals surface area contributed by atoms with Crippen LogP contribution in [0.1, 0.15) is 12.3 Å². The summed E-state index contributed by atoms with van der Waals surface area (Å²) in [6.07, 6.45) is 1.89. The quantitative estimate of drug-likeness (QED) is 0.929. The molecule has 0 aliphatic carbocycles. The molecule has 0 spiro atoms. The van der Waals surface area contributed by atoms with E-state index in [4.69, 9.17) is 9.52 Å². The van der Waals surface area contributed by atoms with Crippen LogP contribution in [0.5, 0.6) is 0 Å². The molecule has 110 valence electrons. The number of amides is 1. The highest BCUT2D eigenvalue weighted by molar-refractivity contribution is 5.77. The van der Waals surface area contributed by atoms with E-state index in [2.05, 4.69) is 4.98 Å². The lowest BCUT2D eigenvalue weighted by molar-refractivity contribution is -0.141. The van der Waals surface area contributed by atoms with Gasteiger partial charge in [-0.2, -0.15) is 0 Å². The highest BCUT2D eigenvalue weighted by Crippen LogP contribution is 2.21. The third-order valence-electron chi connectivity index (χ3n) is 3.45. The normalized spacial score (nSPS) is 15.0. The standard InChI is InChI=1S/C15H15FN2O3/c16-11-3-1-10(2-4-11)13-7-17-14(21-13)5-6-15(20)18-8-12(19)9-18/h1-4,7,12,19H,5-6,8-9H2. The van der Waals surface area contributed by atoms with E-state index in [0.717, 1.165) is 5.56 Å². The highest BCUT2D eigenvalue weighted by Gasteiger charge is 2.28. The Bertz CT molecular complexity index is 633. The maximum atomic E-state index is 12.9. The molecule has 1 aliphatic rings. The van der Waals surface area contributed by atoms with Crippen molar-refractivity contribution in [3.05, 3.63) is 42.2 Å². The summed E-state index contributed by atoms with van der Waals surface area (Å²) in [6.45, 7) is 0.816. The minimum Gasteiger partial charge on any atom is -0.441 e. The summed E-state index contributed by atoms with van der Waals surface area (Å²) >= 11 is 0. The number of halogens is 1. The van der Waals surface area contributed by atoms with E-state index in [-0.39, 0.29) is 17.8 Å². The maximum absolute atomic E-state index is 12.9. The molecule has 0 bridgehead atoms. The molecule has 0 unspecified atom stereocenters. The van der Waals surface area contributed by atoms with Crippen molar-refractivity contribution >= 4 is 5.91 Å². The first kappa shape index (κ1) is 13.8. The Labute approximate surface area is 121 Å². The van der Waals surface area contributed by atoms with Gasteiger partial charge in [-0.15, -0.1) is 0 Å². The van der Waals surface area contributed by atoms with Crippen LogP contribution in [-0.4, -0.2) is 40.1 Å². The predicted octanol–water partition coefficient (Wildman–Crippen LogP) is 1.62. The summed E-state index contributed by atoms with van der Waals surface area (Å²) in [5.41, 5.74) is 0.743. The fourth-order valence-corrected chi connectivity index (χ4v) is 2.20. The van der Waals surface area contributed by atoms with Gasteiger partial charge in [-0.3, -0.25) is 4.79 Å². The van der Waals surface area contributed by atoms with Crippen LogP contribution < -0.4 is 0 Å². The van der Waals surface area contributed by atoms with Crippen LogP contribution in [0.2, 0.25) is 0 Å².